The first-order valence-electron chi connectivity index (χ1n) is 8.50. The highest BCUT2D eigenvalue weighted by Gasteiger charge is 2.21. The number of rotatable bonds is 6. The van der Waals surface area contributed by atoms with Gasteiger partial charge in [0.05, 0.1) is 10.6 Å². The number of aliphatic hydroxyl groups excluding tert-OH is 1. The molecule has 3 heterocycles. The summed E-state index contributed by atoms with van der Waals surface area (Å²) < 4.78 is 6.21. The van der Waals surface area contributed by atoms with Crippen LogP contribution in [0.2, 0.25) is 5.02 Å². The second-order valence-corrected chi connectivity index (χ2v) is 9.28. The maximum Gasteiger partial charge on any atom is 0.329 e. The Morgan fingerprint density at radius 2 is 2.14 bits per heavy atom. The van der Waals surface area contributed by atoms with E-state index in [1.165, 1.54) is 11.8 Å². The van der Waals surface area contributed by atoms with Gasteiger partial charge in [-0.25, -0.2) is 9.36 Å². The van der Waals surface area contributed by atoms with Gasteiger partial charge in [0.25, 0.3) is 5.56 Å². The minimum atomic E-state index is -0.672. The summed E-state index contributed by atoms with van der Waals surface area (Å²) in [5.41, 5.74) is -0.816. The van der Waals surface area contributed by atoms with Crippen molar-refractivity contribution in [3.8, 4) is 0 Å². The molecule has 2 radical (unpaired) electrons. The Bertz CT molecular complexity index is 1110. The third kappa shape index (κ3) is 4.14. The lowest BCUT2D eigenvalue weighted by Gasteiger charge is -2.06. The van der Waals surface area contributed by atoms with Gasteiger partial charge >= 0.3 is 5.69 Å². The maximum absolute atomic E-state index is 12.5. The van der Waals surface area contributed by atoms with Crippen LogP contribution in [0.1, 0.15) is 17.4 Å². The standard InChI is InChI=1S/C17H15ClN4O4SSi/c18-9-1-3-10(4-2-9)28-14(23)7-12-20-13(26-21-12)8-22-16(24)15-11(5-6-27-15)19-17(22)25/h1-4,14,23H,5-8H2,(H,19,25)/t14-/m1/s1. The predicted octanol–water partition coefficient (Wildman–Crippen LogP) is 0.160. The number of aromatic nitrogens is 4. The molecule has 0 fully saturated rings. The summed E-state index contributed by atoms with van der Waals surface area (Å²) in [5, 5.41) is 15.7. The second kappa shape index (κ2) is 8.07. The molecule has 0 aliphatic carbocycles. The van der Waals surface area contributed by atoms with Crippen molar-refractivity contribution in [2.24, 2.45) is 0 Å². The fourth-order valence-electron chi connectivity index (χ4n) is 2.86. The molecule has 1 atom stereocenters. The number of nitrogens with one attached hydrogen (secondary N) is 1. The average molecular weight is 435 g/mol. The number of aromatic amines is 1. The molecule has 1 aromatic carbocycles. The molecule has 0 saturated heterocycles. The number of nitrogens with zero attached hydrogens (tertiary/aromatic N) is 3. The number of aryl methyl sites for hydroxylation is 1. The van der Waals surface area contributed by atoms with Gasteiger partial charge in [-0.2, -0.15) is 4.98 Å². The summed E-state index contributed by atoms with van der Waals surface area (Å²) in [6, 6.07) is 7.26. The van der Waals surface area contributed by atoms with Crippen LogP contribution in [-0.4, -0.2) is 45.8 Å². The molecule has 2 N–H and O–H groups in total. The number of aliphatic hydroxyl groups is 1. The van der Waals surface area contributed by atoms with Crippen LogP contribution in [0.15, 0.2) is 43.3 Å². The number of hydrogen-bond acceptors (Lipinski definition) is 7. The van der Waals surface area contributed by atoms with Gasteiger partial charge in [-0.15, -0.1) is 11.8 Å². The van der Waals surface area contributed by atoms with Crippen molar-refractivity contribution in [3.05, 3.63) is 67.5 Å². The van der Waals surface area contributed by atoms with Crippen LogP contribution in [0.25, 0.3) is 0 Å². The SMILES string of the molecule is O=c1[nH]c2c(c(=O)n1Cc1nc(C[C@H](O)[Si]c3ccc(Cl)cc3)no1)SCC2. The van der Waals surface area contributed by atoms with E-state index in [0.29, 0.717) is 27.9 Å². The molecule has 1 aliphatic rings. The molecule has 4 rings (SSSR count). The van der Waals surface area contributed by atoms with Crippen LogP contribution in [-0.2, 0) is 19.4 Å². The topological polar surface area (TPSA) is 114 Å². The lowest BCUT2D eigenvalue weighted by atomic mass is 10.3. The zero-order valence-corrected chi connectivity index (χ0v) is 17.1. The number of fused-ring (bicyclic) bond motifs is 1. The molecule has 0 spiro atoms. The summed E-state index contributed by atoms with van der Waals surface area (Å²) >= 11 is 7.29. The smallest absolute Gasteiger partial charge is 0.329 e. The van der Waals surface area contributed by atoms with Crippen molar-refractivity contribution >= 4 is 38.1 Å². The minimum Gasteiger partial charge on any atom is -0.396 e. The molecule has 3 aromatic rings. The highest BCUT2D eigenvalue weighted by Crippen LogP contribution is 2.25. The highest BCUT2D eigenvalue weighted by molar-refractivity contribution is 7.99. The Morgan fingerprint density at radius 3 is 2.93 bits per heavy atom. The van der Waals surface area contributed by atoms with Crippen molar-refractivity contribution in [1.29, 1.82) is 0 Å². The van der Waals surface area contributed by atoms with Gasteiger partial charge in [0, 0.05) is 22.9 Å². The van der Waals surface area contributed by atoms with E-state index in [0.717, 1.165) is 15.5 Å². The van der Waals surface area contributed by atoms with Gasteiger partial charge in [0.15, 0.2) is 5.82 Å². The summed E-state index contributed by atoms with van der Waals surface area (Å²) in [6.45, 7) is -0.107. The van der Waals surface area contributed by atoms with Crippen molar-refractivity contribution in [2.75, 3.05) is 5.75 Å². The number of H-pyrrole nitrogens is 1. The molecule has 144 valence electrons. The van der Waals surface area contributed by atoms with E-state index in [-0.39, 0.29) is 33.9 Å². The van der Waals surface area contributed by atoms with Crippen LogP contribution in [0.4, 0.5) is 0 Å². The number of benzene rings is 1. The molecule has 2 aromatic heterocycles. The van der Waals surface area contributed by atoms with E-state index in [1.807, 2.05) is 12.1 Å². The van der Waals surface area contributed by atoms with Crippen LogP contribution >= 0.6 is 23.4 Å². The van der Waals surface area contributed by atoms with Crippen molar-refractivity contribution in [1.82, 2.24) is 19.7 Å². The predicted molar refractivity (Wildman–Crippen MR) is 106 cm³/mol. The maximum atomic E-state index is 12.5. The molecular formula is C17H15ClN4O4SSi. The molecule has 0 amide bonds. The monoisotopic (exact) mass is 434 g/mol. The first-order valence-corrected chi connectivity index (χ1v) is 10.9. The number of halogens is 1. The molecule has 0 bridgehead atoms. The average Bonchev–Trinajstić information content (AvgIpc) is 3.30. The molecule has 0 unspecified atom stereocenters. The molecule has 11 heteroatoms. The number of thioether (sulfide) groups is 1. The fourth-order valence-corrected chi connectivity index (χ4v) is 5.08. The van der Waals surface area contributed by atoms with Gasteiger partial charge < -0.3 is 14.6 Å². The Hall–Kier alpha value is -2.14. The first kappa shape index (κ1) is 19.2. The van der Waals surface area contributed by atoms with E-state index < -0.39 is 11.4 Å². The van der Waals surface area contributed by atoms with Crippen molar-refractivity contribution < 1.29 is 9.63 Å². The summed E-state index contributed by atoms with van der Waals surface area (Å²) in [5.74, 6) is 1.25. The highest BCUT2D eigenvalue weighted by atomic mass is 35.5. The van der Waals surface area contributed by atoms with E-state index in [2.05, 4.69) is 15.1 Å². The van der Waals surface area contributed by atoms with Crippen molar-refractivity contribution in [3.63, 3.8) is 0 Å². The van der Waals surface area contributed by atoms with E-state index in [9.17, 15) is 14.7 Å². The second-order valence-electron chi connectivity index (χ2n) is 6.20. The van der Waals surface area contributed by atoms with Gasteiger partial charge in [0.1, 0.15) is 16.1 Å². The quantitative estimate of drug-likeness (QED) is 0.531. The van der Waals surface area contributed by atoms with Gasteiger partial charge in [0.2, 0.25) is 5.89 Å². The zero-order chi connectivity index (χ0) is 19.7. The van der Waals surface area contributed by atoms with Crippen molar-refractivity contribution in [2.45, 2.75) is 30.0 Å². The third-order valence-corrected chi connectivity index (χ3v) is 6.75. The minimum absolute atomic E-state index is 0.107. The zero-order valence-electron chi connectivity index (χ0n) is 14.5. The van der Waals surface area contributed by atoms with Crippen LogP contribution in [0.3, 0.4) is 0 Å². The van der Waals surface area contributed by atoms with Gasteiger partial charge in [-0.1, -0.05) is 34.1 Å². The van der Waals surface area contributed by atoms with Crippen LogP contribution in [0, 0.1) is 0 Å². The van der Waals surface area contributed by atoms with E-state index in [1.54, 1.807) is 12.1 Å². The Labute approximate surface area is 170 Å². The molecule has 28 heavy (non-hydrogen) atoms. The lowest BCUT2D eigenvalue weighted by molar-refractivity contribution is 0.248. The molecule has 0 saturated carbocycles. The summed E-state index contributed by atoms with van der Waals surface area (Å²) in [4.78, 5) is 32.2. The van der Waals surface area contributed by atoms with Gasteiger partial charge in [-0.3, -0.25) is 4.79 Å². The molecule has 8 nitrogen and oxygen atoms in total. The lowest BCUT2D eigenvalue weighted by Crippen LogP contribution is -2.37. The van der Waals surface area contributed by atoms with Gasteiger partial charge in [-0.05, 0) is 18.6 Å². The molecular weight excluding hydrogens is 420 g/mol. The Kier molecular flexibility index (Phi) is 5.53. The Balaban J connectivity index is 1.44. The number of hydrogen-bond donors (Lipinski definition) is 2. The van der Waals surface area contributed by atoms with Crippen LogP contribution in [0.5, 0.6) is 0 Å². The fraction of sp³-hybridized carbons (Fsp3) is 0.294. The largest absolute Gasteiger partial charge is 0.396 e. The molecule has 1 aliphatic heterocycles. The van der Waals surface area contributed by atoms with E-state index >= 15 is 0 Å². The van der Waals surface area contributed by atoms with E-state index in [4.69, 9.17) is 16.1 Å². The summed E-state index contributed by atoms with van der Waals surface area (Å²) in [7, 11) is 0.145. The van der Waals surface area contributed by atoms with Crippen LogP contribution < -0.4 is 16.4 Å². The normalized spacial score (nSPS) is 14.2. The first-order chi connectivity index (χ1) is 13.5. The Morgan fingerprint density at radius 1 is 1.36 bits per heavy atom. The summed E-state index contributed by atoms with van der Waals surface area (Å²) in [6.07, 6.45) is 0.887. The third-order valence-electron chi connectivity index (χ3n) is 4.17.